The zero-order valence-electron chi connectivity index (χ0n) is 36.8. The van der Waals surface area contributed by atoms with Crippen molar-refractivity contribution in [3.63, 3.8) is 0 Å². The number of para-hydroxylation sites is 4. The Morgan fingerprint density at radius 1 is 0.368 bits per heavy atom. The van der Waals surface area contributed by atoms with Gasteiger partial charge in [-0.15, -0.1) is 0 Å². The van der Waals surface area contributed by atoms with Gasteiger partial charge in [-0.2, -0.15) is 5.26 Å². The third kappa shape index (κ3) is 5.07. The molecular weight excluding hydrogens is 837 g/mol. The van der Waals surface area contributed by atoms with Crippen LogP contribution in [0.15, 0.2) is 183 Å². The van der Waals surface area contributed by atoms with Crippen LogP contribution in [-0.4, -0.2) is 43.2 Å². The lowest BCUT2D eigenvalue weighted by Crippen LogP contribution is -2.17. The molecule has 318 valence electrons. The Balaban J connectivity index is 1.38. The summed E-state index contributed by atoms with van der Waals surface area (Å²) in [6.07, 6.45) is 15.2. The lowest BCUT2D eigenvalue weighted by molar-refractivity contribution is 1.02. The van der Waals surface area contributed by atoms with Crippen LogP contribution >= 0.6 is 0 Å². The molecule has 0 atom stereocenters. The van der Waals surface area contributed by atoms with Crippen LogP contribution < -0.4 is 0 Å². The number of fused-ring (bicyclic) bond motifs is 12. The molecule has 14 aromatic rings. The van der Waals surface area contributed by atoms with E-state index in [1.807, 2.05) is 56.5 Å². The van der Waals surface area contributed by atoms with Gasteiger partial charge in [-0.3, -0.25) is 24.9 Å². The van der Waals surface area contributed by atoms with Crippen molar-refractivity contribution in [2.24, 2.45) is 0 Å². The van der Waals surface area contributed by atoms with Gasteiger partial charge in [0, 0.05) is 115 Å². The zero-order valence-corrected chi connectivity index (χ0v) is 36.8. The molecule has 9 aromatic heterocycles. The molecule has 0 radical (unpaired) electrons. The zero-order chi connectivity index (χ0) is 45.2. The minimum Gasteiger partial charge on any atom is -0.307 e. The highest BCUT2D eigenvalue weighted by Crippen LogP contribution is 2.52. The average molecular weight is 873 g/mol. The highest BCUT2D eigenvalue weighted by Gasteiger charge is 2.35. The number of benzene rings is 5. The fourth-order valence-electron chi connectivity index (χ4n) is 11.1. The molecule has 10 heteroatoms. The number of nitrogens with zero attached hydrogens (tertiary/aromatic N) is 10. The predicted molar refractivity (Wildman–Crippen MR) is 272 cm³/mol. The van der Waals surface area contributed by atoms with Crippen molar-refractivity contribution in [2.75, 3.05) is 0 Å². The van der Waals surface area contributed by atoms with Crippen LogP contribution in [0, 0.1) is 25.2 Å². The molecule has 0 aliphatic rings. The molecule has 10 nitrogen and oxygen atoms in total. The van der Waals surface area contributed by atoms with Crippen LogP contribution in [0.3, 0.4) is 0 Å². The Morgan fingerprint density at radius 3 is 1.12 bits per heavy atom. The minimum absolute atomic E-state index is 0.472. The van der Waals surface area contributed by atoms with E-state index in [1.165, 1.54) is 0 Å². The van der Waals surface area contributed by atoms with Crippen LogP contribution in [-0.2, 0) is 0 Å². The van der Waals surface area contributed by atoms with E-state index < -0.39 is 0 Å². The van der Waals surface area contributed by atoms with Crippen molar-refractivity contribution in [1.82, 2.24) is 43.2 Å². The summed E-state index contributed by atoms with van der Waals surface area (Å²) >= 11 is 0. The Bertz CT molecular complexity index is 4290. The SMILES string of the molecule is Cc1ccc(-c2c(-n3c4ccccc4c4cnccc43)c(C#N)c(-n3c4ccccc4c4cnccc43)c(-n3c4ccccc4c4cnccc43)c2-n2c3ccccc3c3cnccc32)c(C)n1. The number of hydrogen-bond donors (Lipinski definition) is 0. The molecule has 0 N–H and O–H groups in total. The predicted octanol–water partition coefficient (Wildman–Crippen LogP) is 13.2. The summed E-state index contributed by atoms with van der Waals surface area (Å²) in [5.41, 5.74) is 14.6. The highest BCUT2D eigenvalue weighted by molar-refractivity contribution is 6.16. The summed E-state index contributed by atoms with van der Waals surface area (Å²) in [6, 6.07) is 49.4. The van der Waals surface area contributed by atoms with Gasteiger partial charge < -0.3 is 18.3 Å². The second-order valence-corrected chi connectivity index (χ2v) is 17.3. The second kappa shape index (κ2) is 14.3. The standard InChI is InChI=1S/C58H36N10/c1-34-19-20-36(35(2)64-34)54-55(65-46-15-7-3-11-37(46)42-30-60-25-21-50(42)65)41(29-59)56(66-47-16-8-4-12-38(47)43-31-61-26-22-51(43)66)58(68-49-18-10-6-14-40(49)45-33-63-28-24-53(45)68)57(54)67-48-17-9-5-13-39(48)44-32-62-27-23-52(44)67/h3-28,30-33H,1-2H3. The van der Waals surface area contributed by atoms with Gasteiger partial charge in [-0.25, -0.2) is 0 Å². The number of rotatable bonds is 5. The van der Waals surface area contributed by atoms with E-state index in [9.17, 15) is 5.26 Å². The maximum atomic E-state index is 12.5. The van der Waals surface area contributed by atoms with E-state index in [1.54, 1.807) is 0 Å². The maximum absolute atomic E-state index is 12.5. The fraction of sp³-hybridized carbons (Fsp3) is 0.0345. The van der Waals surface area contributed by atoms with Crippen LogP contribution in [0.25, 0.3) is 121 Å². The largest absolute Gasteiger partial charge is 0.307 e. The molecule has 0 amide bonds. The van der Waals surface area contributed by atoms with Crippen LogP contribution in [0.1, 0.15) is 17.0 Å². The third-order valence-corrected chi connectivity index (χ3v) is 13.8. The van der Waals surface area contributed by atoms with Gasteiger partial charge in [0.1, 0.15) is 11.6 Å². The summed E-state index contributed by atoms with van der Waals surface area (Å²) in [5, 5.41) is 20.6. The van der Waals surface area contributed by atoms with Crippen molar-refractivity contribution in [3.8, 4) is 39.9 Å². The first-order valence-corrected chi connectivity index (χ1v) is 22.5. The third-order valence-electron chi connectivity index (χ3n) is 13.8. The molecule has 0 fully saturated rings. The number of aromatic nitrogens is 9. The highest BCUT2D eigenvalue weighted by atomic mass is 15.1. The molecule has 0 aliphatic carbocycles. The number of hydrogen-bond acceptors (Lipinski definition) is 6. The molecule has 0 saturated heterocycles. The topological polar surface area (TPSA) is 108 Å². The number of pyridine rings is 5. The summed E-state index contributed by atoms with van der Waals surface area (Å²) in [5.74, 6) is 0. The van der Waals surface area contributed by atoms with Crippen molar-refractivity contribution in [3.05, 3.63) is 200 Å². The molecule has 0 aliphatic heterocycles. The van der Waals surface area contributed by atoms with Crippen LogP contribution in [0.2, 0.25) is 0 Å². The van der Waals surface area contributed by atoms with Crippen LogP contribution in [0.5, 0.6) is 0 Å². The van der Waals surface area contributed by atoms with E-state index in [0.29, 0.717) is 11.3 Å². The maximum Gasteiger partial charge on any atom is 0.104 e. The molecule has 0 unspecified atom stereocenters. The molecule has 68 heavy (non-hydrogen) atoms. The minimum atomic E-state index is 0.472. The Kier molecular flexibility index (Phi) is 7.95. The van der Waals surface area contributed by atoms with Crippen molar-refractivity contribution >= 4 is 87.2 Å². The Hall–Kier alpha value is -9.46. The number of nitriles is 1. The summed E-state index contributed by atoms with van der Waals surface area (Å²) in [7, 11) is 0. The molecule has 0 bridgehead atoms. The van der Waals surface area contributed by atoms with Gasteiger partial charge >= 0.3 is 0 Å². The van der Waals surface area contributed by atoms with Crippen molar-refractivity contribution in [2.45, 2.75) is 13.8 Å². The van der Waals surface area contributed by atoms with Gasteiger partial charge in [0.2, 0.25) is 0 Å². The first-order valence-electron chi connectivity index (χ1n) is 22.5. The quantitative estimate of drug-likeness (QED) is 0.170. The van der Waals surface area contributed by atoms with Gasteiger partial charge in [-0.1, -0.05) is 78.9 Å². The smallest absolute Gasteiger partial charge is 0.104 e. The van der Waals surface area contributed by atoms with Gasteiger partial charge in [-0.05, 0) is 68.4 Å². The van der Waals surface area contributed by atoms with E-state index in [-0.39, 0.29) is 0 Å². The monoisotopic (exact) mass is 872 g/mol. The van der Waals surface area contributed by atoms with Gasteiger partial charge in [0.25, 0.3) is 0 Å². The van der Waals surface area contributed by atoms with E-state index in [2.05, 4.69) is 175 Å². The molecule has 0 spiro atoms. The van der Waals surface area contributed by atoms with E-state index >= 15 is 0 Å². The van der Waals surface area contributed by atoms with Crippen LogP contribution in [0.4, 0.5) is 0 Å². The fourth-order valence-corrected chi connectivity index (χ4v) is 11.1. The van der Waals surface area contributed by atoms with E-state index in [4.69, 9.17) is 15.0 Å². The average Bonchev–Trinajstić information content (AvgIpc) is 4.11. The molecule has 0 saturated carbocycles. The first kappa shape index (κ1) is 37.9. The number of aryl methyl sites for hydroxylation is 2. The van der Waals surface area contributed by atoms with E-state index in [0.717, 1.165) is 127 Å². The molecule has 9 heterocycles. The van der Waals surface area contributed by atoms with Gasteiger partial charge in [0.05, 0.1) is 66.9 Å². The second-order valence-electron chi connectivity index (χ2n) is 17.3. The van der Waals surface area contributed by atoms with Crippen molar-refractivity contribution in [1.29, 1.82) is 5.26 Å². The summed E-state index contributed by atoms with van der Waals surface area (Å²) in [4.78, 5) is 23.9. The normalized spacial score (nSPS) is 12.0. The molecule has 14 rings (SSSR count). The molecular formula is C58H36N10. The molecule has 5 aromatic carbocycles. The lowest BCUT2D eigenvalue weighted by Gasteiger charge is -2.29. The lowest BCUT2D eigenvalue weighted by atomic mass is 9.92. The summed E-state index contributed by atoms with van der Waals surface area (Å²) in [6.45, 7) is 4.10. The Labute approximate surface area is 387 Å². The Morgan fingerprint density at radius 2 is 0.721 bits per heavy atom. The van der Waals surface area contributed by atoms with Crippen molar-refractivity contribution < 1.29 is 0 Å². The van der Waals surface area contributed by atoms with Gasteiger partial charge in [0.15, 0.2) is 0 Å². The summed E-state index contributed by atoms with van der Waals surface area (Å²) < 4.78 is 9.35. The first-order chi connectivity index (χ1) is 33.6.